The smallest absolute Gasteiger partial charge is 0.341 e. The first-order valence-corrected chi connectivity index (χ1v) is 8.64. The number of primary amides is 1. The normalized spacial score (nSPS) is 11.0. The second-order valence-corrected chi connectivity index (χ2v) is 6.30. The fourth-order valence-corrected chi connectivity index (χ4v) is 3.44. The predicted molar refractivity (Wildman–Crippen MR) is 104 cm³/mol. The van der Waals surface area contributed by atoms with Crippen LogP contribution in [0.4, 0.5) is 0 Å². The van der Waals surface area contributed by atoms with Crippen molar-refractivity contribution in [1.82, 2.24) is 9.55 Å². The Morgan fingerprint density at radius 2 is 1.75 bits per heavy atom. The van der Waals surface area contributed by atoms with Crippen LogP contribution < -0.4 is 10.5 Å². The lowest BCUT2D eigenvalue weighted by molar-refractivity contribution is -0.139. The van der Waals surface area contributed by atoms with Gasteiger partial charge >= 0.3 is 5.97 Å². The van der Waals surface area contributed by atoms with Crippen LogP contribution in [-0.2, 0) is 11.3 Å². The molecule has 7 heteroatoms. The summed E-state index contributed by atoms with van der Waals surface area (Å²) in [5.41, 5.74) is 8.41. The number of nitrogens with two attached hydrogens (primary N) is 1. The molecule has 0 fully saturated rings. The number of rotatable bonds is 6. The minimum atomic E-state index is -1.08. The van der Waals surface area contributed by atoms with E-state index >= 15 is 0 Å². The van der Waals surface area contributed by atoms with E-state index < -0.39 is 18.5 Å². The van der Waals surface area contributed by atoms with Crippen molar-refractivity contribution in [2.45, 2.75) is 6.54 Å². The Bertz CT molecular complexity index is 1200. The molecule has 0 bridgehead atoms. The molecule has 2 aromatic heterocycles. The van der Waals surface area contributed by atoms with E-state index in [1.807, 2.05) is 34.9 Å². The number of carbonyl (C=O) groups excluding carboxylic acids is 1. The molecule has 3 N–H and O–H groups in total. The Kier molecular flexibility index (Phi) is 4.41. The number of ether oxygens (including phenoxy) is 1. The summed E-state index contributed by atoms with van der Waals surface area (Å²) in [5, 5.41) is 10.3. The van der Waals surface area contributed by atoms with E-state index in [2.05, 4.69) is 4.98 Å². The summed E-state index contributed by atoms with van der Waals surface area (Å²) in [5.74, 6) is -1.25. The van der Waals surface area contributed by atoms with E-state index in [4.69, 9.17) is 15.6 Å². The van der Waals surface area contributed by atoms with Crippen LogP contribution >= 0.6 is 0 Å². The van der Waals surface area contributed by atoms with Crippen LogP contribution in [0.1, 0.15) is 16.1 Å². The van der Waals surface area contributed by atoms with Crippen molar-refractivity contribution in [2.24, 2.45) is 5.73 Å². The van der Waals surface area contributed by atoms with Gasteiger partial charge in [0.15, 0.2) is 6.61 Å². The summed E-state index contributed by atoms with van der Waals surface area (Å²) in [6, 6.07) is 16.4. The summed E-state index contributed by atoms with van der Waals surface area (Å²) in [6.45, 7) is -0.00376. The molecule has 28 heavy (non-hydrogen) atoms. The van der Waals surface area contributed by atoms with Gasteiger partial charge in [-0.05, 0) is 36.4 Å². The number of amides is 1. The van der Waals surface area contributed by atoms with Crippen molar-refractivity contribution < 1.29 is 19.4 Å². The Balaban J connectivity index is 2.03. The maximum Gasteiger partial charge on any atom is 0.341 e. The summed E-state index contributed by atoms with van der Waals surface area (Å²) < 4.78 is 7.53. The van der Waals surface area contributed by atoms with Gasteiger partial charge in [0.2, 0.25) is 5.91 Å². The number of carboxylic acids is 1. The topological polar surface area (TPSA) is 107 Å². The highest BCUT2D eigenvalue weighted by Crippen LogP contribution is 2.37. The standard InChI is InChI=1S/C21H17N3O4/c22-21(27)14-6-3-7-15-19(14)20-16(8-4-9-17(20)28-12-18(25)26)24(15)11-13-5-1-2-10-23-13/h1-10H,11-12H2,(H2,22,27)(H,25,26). The van der Waals surface area contributed by atoms with E-state index in [0.29, 0.717) is 28.6 Å². The first kappa shape index (κ1) is 17.5. The average molecular weight is 375 g/mol. The first-order valence-electron chi connectivity index (χ1n) is 8.64. The highest BCUT2D eigenvalue weighted by Gasteiger charge is 2.20. The third-order valence-electron chi connectivity index (χ3n) is 4.54. The summed E-state index contributed by atoms with van der Waals surface area (Å²) in [4.78, 5) is 27.4. The molecule has 4 rings (SSSR count). The number of carbonyl (C=O) groups is 2. The predicted octanol–water partition coefficient (Wildman–Crippen LogP) is 2.80. The van der Waals surface area contributed by atoms with Gasteiger partial charge in [0, 0.05) is 17.1 Å². The summed E-state index contributed by atoms with van der Waals surface area (Å²) in [7, 11) is 0. The Morgan fingerprint density at radius 3 is 2.43 bits per heavy atom. The number of aliphatic carboxylic acids is 1. The van der Waals surface area contributed by atoms with Gasteiger partial charge < -0.3 is 20.1 Å². The van der Waals surface area contributed by atoms with Crippen molar-refractivity contribution in [2.75, 3.05) is 6.61 Å². The van der Waals surface area contributed by atoms with Crippen molar-refractivity contribution in [3.8, 4) is 5.75 Å². The van der Waals surface area contributed by atoms with Gasteiger partial charge in [-0.15, -0.1) is 0 Å². The van der Waals surface area contributed by atoms with Gasteiger partial charge in [0.1, 0.15) is 5.75 Å². The zero-order valence-electron chi connectivity index (χ0n) is 14.8. The number of benzene rings is 2. The molecule has 2 aromatic carbocycles. The molecule has 7 nitrogen and oxygen atoms in total. The quantitative estimate of drug-likeness (QED) is 0.539. The highest BCUT2D eigenvalue weighted by molar-refractivity contribution is 6.19. The largest absolute Gasteiger partial charge is 0.481 e. The average Bonchev–Trinajstić information content (AvgIpc) is 3.01. The van der Waals surface area contributed by atoms with Crippen molar-refractivity contribution >= 4 is 33.7 Å². The van der Waals surface area contributed by atoms with E-state index in [1.54, 1.807) is 30.5 Å². The Hall–Kier alpha value is -3.87. The van der Waals surface area contributed by atoms with Crippen LogP contribution in [-0.4, -0.2) is 33.1 Å². The van der Waals surface area contributed by atoms with E-state index in [-0.39, 0.29) is 0 Å². The molecule has 0 aliphatic rings. The SMILES string of the molecule is NC(=O)c1cccc2c1c1c(OCC(=O)O)cccc1n2Cc1ccccn1. The number of carboxylic acid groups (broad SMARTS) is 1. The van der Waals surface area contributed by atoms with Crippen LogP contribution in [0.15, 0.2) is 60.8 Å². The van der Waals surface area contributed by atoms with Crippen LogP contribution in [0.25, 0.3) is 21.8 Å². The third-order valence-corrected chi connectivity index (χ3v) is 4.54. The molecule has 1 amide bonds. The second-order valence-electron chi connectivity index (χ2n) is 6.30. The molecular formula is C21H17N3O4. The minimum absolute atomic E-state index is 0.355. The molecular weight excluding hydrogens is 358 g/mol. The molecule has 0 saturated carbocycles. The van der Waals surface area contributed by atoms with Crippen molar-refractivity contribution in [3.63, 3.8) is 0 Å². The zero-order valence-corrected chi connectivity index (χ0v) is 14.8. The minimum Gasteiger partial charge on any atom is -0.481 e. The number of pyridine rings is 1. The van der Waals surface area contributed by atoms with E-state index in [9.17, 15) is 9.59 Å². The van der Waals surface area contributed by atoms with Gasteiger partial charge in [0.25, 0.3) is 0 Å². The maximum atomic E-state index is 12.1. The number of nitrogens with zero attached hydrogens (tertiary/aromatic N) is 2. The fourth-order valence-electron chi connectivity index (χ4n) is 3.44. The molecule has 0 spiro atoms. The molecule has 2 heterocycles. The monoisotopic (exact) mass is 375 g/mol. The molecule has 140 valence electrons. The Morgan fingerprint density at radius 1 is 1.00 bits per heavy atom. The zero-order chi connectivity index (χ0) is 19.7. The molecule has 0 aliphatic heterocycles. The number of fused-ring (bicyclic) bond motifs is 3. The van der Waals surface area contributed by atoms with Crippen LogP contribution in [0, 0.1) is 0 Å². The Labute approximate surface area is 160 Å². The lowest BCUT2D eigenvalue weighted by Crippen LogP contribution is -2.11. The van der Waals surface area contributed by atoms with Crippen LogP contribution in [0.2, 0.25) is 0 Å². The molecule has 0 aliphatic carbocycles. The second kappa shape index (κ2) is 7.03. The van der Waals surface area contributed by atoms with Crippen LogP contribution in [0.5, 0.6) is 5.75 Å². The summed E-state index contributed by atoms with van der Waals surface area (Å²) in [6.07, 6.45) is 1.72. The molecule has 0 atom stereocenters. The van der Waals surface area contributed by atoms with Crippen LogP contribution in [0.3, 0.4) is 0 Å². The maximum absolute atomic E-state index is 12.1. The first-order chi connectivity index (χ1) is 13.6. The van der Waals surface area contributed by atoms with Gasteiger partial charge in [-0.3, -0.25) is 9.78 Å². The number of hydrogen-bond donors (Lipinski definition) is 2. The van der Waals surface area contributed by atoms with Gasteiger partial charge in [0.05, 0.1) is 28.7 Å². The molecule has 4 aromatic rings. The van der Waals surface area contributed by atoms with Gasteiger partial charge in [-0.2, -0.15) is 0 Å². The van der Waals surface area contributed by atoms with Crippen molar-refractivity contribution in [3.05, 3.63) is 72.1 Å². The van der Waals surface area contributed by atoms with E-state index in [0.717, 1.165) is 16.7 Å². The summed E-state index contributed by atoms with van der Waals surface area (Å²) >= 11 is 0. The third kappa shape index (κ3) is 3.03. The number of hydrogen-bond acceptors (Lipinski definition) is 4. The molecule has 0 unspecified atom stereocenters. The van der Waals surface area contributed by atoms with Crippen molar-refractivity contribution in [1.29, 1.82) is 0 Å². The highest BCUT2D eigenvalue weighted by atomic mass is 16.5. The molecule has 0 radical (unpaired) electrons. The fraction of sp³-hybridized carbons (Fsp3) is 0.0952. The molecule has 0 saturated heterocycles. The van der Waals surface area contributed by atoms with E-state index in [1.165, 1.54) is 0 Å². The lowest BCUT2D eigenvalue weighted by Gasteiger charge is -2.08. The number of aromatic nitrogens is 2. The lowest BCUT2D eigenvalue weighted by atomic mass is 10.1. The van der Waals surface area contributed by atoms with Gasteiger partial charge in [-0.25, -0.2) is 4.79 Å². The van der Waals surface area contributed by atoms with Gasteiger partial charge in [-0.1, -0.05) is 18.2 Å².